The van der Waals surface area contributed by atoms with Crippen LogP contribution in [0.4, 0.5) is 26.3 Å². The van der Waals surface area contributed by atoms with Gasteiger partial charge in [-0.1, -0.05) is 19.3 Å². The van der Waals surface area contributed by atoms with Crippen molar-refractivity contribution in [1.82, 2.24) is 15.1 Å². The molecule has 0 spiro atoms. The molecule has 6 unspecified atom stereocenters. The molecule has 4 nitrogen and oxygen atoms in total. The zero-order valence-corrected chi connectivity index (χ0v) is 23.8. The van der Waals surface area contributed by atoms with Crippen molar-refractivity contribution >= 4 is 29.1 Å². The minimum absolute atomic E-state index is 0.0686. The van der Waals surface area contributed by atoms with Crippen LogP contribution in [0.15, 0.2) is 0 Å². The Bertz CT molecular complexity index is 779. The second-order valence-electron chi connectivity index (χ2n) is 12.2. The lowest BCUT2D eigenvalue weighted by molar-refractivity contribution is -0.228. The van der Waals surface area contributed by atoms with Gasteiger partial charge in [-0.15, -0.1) is 23.2 Å². The van der Waals surface area contributed by atoms with Crippen LogP contribution < -0.4 is 5.32 Å². The standard InChI is InChI=1S/C27H41Cl2F6N3O/c28-22-7-6-18(14-23(22)29)24(38-10-8-37(9-11-38)21-4-2-1-3-5-21)25(39)36-16-17-12-19(26(30,31)32)15-20(13-17)27(33,34)35/h17-24H,1-16H2,(H,36,39). The number of alkyl halides is 8. The number of hydrogen-bond acceptors (Lipinski definition) is 3. The smallest absolute Gasteiger partial charge is 0.354 e. The van der Waals surface area contributed by atoms with Gasteiger partial charge in [0.05, 0.1) is 23.3 Å². The van der Waals surface area contributed by atoms with E-state index < -0.39 is 55.4 Å². The average Bonchev–Trinajstić information content (AvgIpc) is 2.89. The van der Waals surface area contributed by atoms with Gasteiger partial charge >= 0.3 is 12.4 Å². The Kier molecular flexibility index (Phi) is 10.7. The topological polar surface area (TPSA) is 35.6 Å². The molecule has 4 rings (SSSR count). The number of piperazine rings is 1. The number of hydrogen-bond donors (Lipinski definition) is 1. The van der Waals surface area contributed by atoms with E-state index in [-0.39, 0.29) is 29.1 Å². The van der Waals surface area contributed by atoms with Crippen LogP contribution in [-0.2, 0) is 4.79 Å². The maximum atomic E-state index is 13.6. The summed E-state index contributed by atoms with van der Waals surface area (Å²) in [4.78, 5) is 18.3. The van der Waals surface area contributed by atoms with E-state index in [0.29, 0.717) is 38.4 Å². The molecule has 39 heavy (non-hydrogen) atoms. The lowest BCUT2D eigenvalue weighted by atomic mass is 9.74. The van der Waals surface area contributed by atoms with Gasteiger partial charge in [0.15, 0.2) is 0 Å². The fourth-order valence-electron chi connectivity index (χ4n) is 7.39. The van der Waals surface area contributed by atoms with Gasteiger partial charge in [-0.25, -0.2) is 0 Å². The molecule has 3 aliphatic carbocycles. The molecule has 0 aromatic heterocycles. The van der Waals surface area contributed by atoms with E-state index in [1.807, 2.05) is 0 Å². The van der Waals surface area contributed by atoms with Gasteiger partial charge in [-0.3, -0.25) is 14.6 Å². The maximum Gasteiger partial charge on any atom is 0.391 e. The summed E-state index contributed by atoms with van der Waals surface area (Å²) in [5.41, 5.74) is 0. The normalized spacial score (nSPS) is 35.5. The molecule has 1 aliphatic heterocycles. The first-order valence-electron chi connectivity index (χ1n) is 14.5. The molecule has 1 heterocycles. The molecule has 4 fully saturated rings. The molecular formula is C27H41Cl2F6N3O. The monoisotopic (exact) mass is 607 g/mol. The van der Waals surface area contributed by atoms with E-state index in [1.54, 1.807) is 0 Å². The van der Waals surface area contributed by atoms with E-state index in [0.717, 1.165) is 13.1 Å². The molecule has 6 atom stereocenters. The molecule has 0 bridgehead atoms. The van der Waals surface area contributed by atoms with Gasteiger partial charge in [0.2, 0.25) is 5.91 Å². The summed E-state index contributed by atoms with van der Waals surface area (Å²) < 4.78 is 80.6. The summed E-state index contributed by atoms with van der Waals surface area (Å²) in [6.45, 7) is 2.88. The zero-order chi connectivity index (χ0) is 28.4. The lowest BCUT2D eigenvalue weighted by Gasteiger charge is -2.46. The van der Waals surface area contributed by atoms with Crippen molar-refractivity contribution in [2.24, 2.45) is 23.7 Å². The van der Waals surface area contributed by atoms with Gasteiger partial charge in [0, 0.05) is 44.1 Å². The molecule has 1 saturated heterocycles. The minimum atomic E-state index is -4.69. The van der Waals surface area contributed by atoms with Crippen LogP contribution in [0.1, 0.15) is 70.6 Å². The molecule has 0 aromatic rings. The van der Waals surface area contributed by atoms with Crippen LogP contribution in [0.5, 0.6) is 0 Å². The number of amides is 1. The molecule has 0 aromatic carbocycles. The van der Waals surface area contributed by atoms with Crippen molar-refractivity contribution in [1.29, 1.82) is 0 Å². The summed E-state index contributed by atoms with van der Waals surface area (Å²) >= 11 is 12.8. The maximum absolute atomic E-state index is 13.6. The van der Waals surface area contributed by atoms with Gasteiger partial charge in [-0.05, 0) is 63.2 Å². The highest BCUT2D eigenvalue weighted by Crippen LogP contribution is 2.47. The molecule has 1 amide bonds. The molecular weight excluding hydrogens is 567 g/mol. The van der Waals surface area contributed by atoms with Gasteiger partial charge in [0.1, 0.15) is 0 Å². The zero-order valence-electron chi connectivity index (χ0n) is 22.3. The van der Waals surface area contributed by atoms with Crippen molar-refractivity contribution in [3.8, 4) is 0 Å². The van der Waals surface area contributed by atoms with Crippen LogP contribution in [0.25, 0.3) is 0 Å². The van der Waals surface area contributed by atoms with E-state index >= 15 is 0 Å². The molecule has 12 heteroatoms. The molecule has 3 saturated carbocycles. The summed E-state index contributed by atoms with van der Waals surface area (Å²) in [6, 6.07) is 0.0471. The Morgan fingerprint density at radius 2 is 1.36 bits per heavy atom. The van der Waals surface area contributed by atoms with Crippen molar-refractivity contribution in [2.45, 2.75) is 106 Å². The van der Waals surface area contributed by atoms with Crippen molar-refractivity contribution in [2.75, 3.05) is 32.7 Å². The lowest BCUT2D eigenvalue weighted by Crippen LogP contribution is -2.60. The third-order valence-electron chi connectivity index (χ3n) is 9.58. The van der Waals surface area contributed by atoms with Crippen LogP contribution in [0.3, 0.4) is 0 Å². The Labute approximate surface area is 237 Å². The van der Waals surface area contributed by atoms with Crippen LogP contribution >= 0.6 is 23.2 Å². The number of rotatable bonds is 6. The van der Waals surface area contributed by atoms with E-state index in [1.165, 1.54) is 32.1 Å². The number of carbonyl (C=O) groups is 1. The third kappa shape index (κ3) is 8.31. The summed E-state index contributed by atoms with van der Waals surface area (Å²) in [6.07, 6.45) is -3.08. The van der Waals surface area contributed by atoms with Gasteiger partial charge < -0.3 is 5.32 Å². The highest BCUT2D eigenvalue weighted by Gasteiger charge is 2.52. The highest BCUT2D eigenvalue weighted by atomic mass is 35.5. The van der Waals surface area contributed by atoms with E-state index in [2.05, 4.69) is 15.1 Å². The van der Waals surface area contributed by atoms with Crippen molar-refractivity contribution in [3.63, 3.8) is 0 Å². The Balaban J connectivity index is 1.41. The average molecular weight is 609 g/mol. The quantitative estimate of drug-likeness (QED) is 0.273. The third-order valence-corrected chi connectivity index (χ3v) is 10.7. The van der Waals surface area contributed by atoms with Crippen LogP contribution in [0.2, 0.25) is 0 Å². The summed E-state index contributed by atoms with van der Waals surface area (Å²) in [5.74, 6) is -5.30. The van der Waals surface area contributed by atoms with Gasteiger partial charge in [0.25, 0.3) is 0 Å². The molecule has 4 aliphatic rings. The largest absolute Gasteiger partial charge is 0.391 e. The van der Waals surface area contributed by atoms with E-state index in [9.17, 15) is 31.1 Å². The molecule has 1 N–H and O–H groups in total. The van der Waals surface area contributed by atoms with E-state index in [4.69, 9.17) is 23.2 Å². The second kappa shape index (κ2) is 13.2. The summed E-state index contributed by atoms with van der Waals surface area (Å²) in [7, 11) is 0. The Hall–Kier alpha value is -0.450. The first-order valence-corrected chi connectivity index (χ1v) is 15.4. The van der Waals surface area contributed by atoms with Gasteiger partial charge in [-0.2, -0.15) is 26.3 Å². The first-order chi connectivity index (χ1) is 18.3. The van der Waals surface area contributed by atoms with Crippen LogP contribution in [0, 0.1) is 23.7 Å². The van der Waals surface area contributed by atoms with Crippen molar-refractivity contribution in [3.05, 3.63) is 0 Å². The number of nitrogens with one attached hydrogen (secondary N) is 1. The van der Waals surface area contributed by atoms with Crippen molar-refractivity contribution < 1.29 is 31.1 Å². The summed E-state index contributed by atoms with van der Waals surface area (Å²) in [5, 5.41) is 2.31. The SMILES string of the molecule is O=C(NCC1CC(C(F)(F)F)CC(C(F)(F)F)C1)C(C1CCC(Cl)C(Cl)C1)N1CCN(C2CCCCC2)CC1. The number of nitrogens with zero attached hydrogens (tertiary/aromatic N) is 2. The predicted molar refractivity (Wildman–Crippen MR) is 140 cm³/mol. The number of halogens is 8. The fraction of sp³-hybridized carbons (Fsp3) is 0.963. The fourth-order valence-corrected chi connectivity index (χ4v) is 7.97. The first kappa shape index (κ1) is 31.5. The highest BCUT2D eigenvalue weighted by molar-refractivity contribution is 6.30. The molecule has 226 valence electrons. The van der Waals surface area contributed by atoms with Crippen LogP contribution in [-0.4, -0.2) is 83.6 Å². The second-order valence-corrected chi connectivity index (χ2v) is 13.3. The Morgan fingerprint density at radius 1 is 0.769 bits per heavy atom. The number of carbonyl (C=O) groups excluding carboxylic acids is 1. The molecule has 0 radical (unpaired) electrons. The minimum Gasteiger partial charge on any atom is -0.354 e. The predicted octanol–water partition coefficient (Wildman–Crippen LogP) is 6.59. The Morgan fingerprint density at radius 3 is 1.90 bits per heavy atom.